The van der Waals surface area contributed by atoms with Gasteiger partial charge in [-0.25, -0.2) is 0 Å². The zero-order valence-corrected chi connectivity index (χ0v) is 14.8. The van der Waals surface area contributed by atoms with Gasteiger partial charge in [-0.05, 0) is 44.2 Å². The SMILES string of the molecule is CCNC(=NCCCOCC1CCOCC1)NCCc1ccco1. The van der Waals surface area contributed by atoms with Crippen molar-refractivity contribution in [3.8, 4) is 0 Å². The first kappa shape index (κ1) is 18.8. The number of hydrogen-bond acceptors (Lipinski definition) is 4. The summed E-state index contributed by atoms with van der Waals surface area (Å²) in [5, 5.41) is 6.58. The Balaban J connectivity index is 1.54. The summed E-state index contributed by atoms with van der Waals surface area (Å²) in [6, 6.07) is 3.90. The maximum Gasteiger partial charge on any atom is 0.191 e. The van der Waals surface area contributed by atoms with Crippen molar-refractivity contribution in [2.24, 2.45) is 10.9 Å². The fourth-order valence-electron chi connectivity index (χ4n) is 2.62. The number of ether oxygens (including phenoxy) is 2. The van der Waals surface area contributed by atoms with Gasteiger partial charge in [0.1, 0.15) is 5.76 Å². The molecule has 24 heavy (non-hydrogen) atoms. The van der Waals surface area contributed by atoms with Crippen LogP contribution in [-0.4, -0.2) is 52.0 Å². The summed E-state index contributed by atoms with van der Waals surface area (Å²) < 4.78 is 16.4. The smallest absolute Gasteiger partial charge is 0.191 e. The van der Waals surface area contributed by atoms with Crippen LogP contribution in [0.3, 0.4) is 0 Å². The molecule has 0 saturated carbocycles. The van der Waals surface area contributed by atoms with Crippen LogP contribution >= 0.6 is 0 Å². The molecule has 0 spiro atoms. The quantitative estimate of drug-likeness (QED) is 0.389. The molecule has 0 aliphatic carbocycles. The van der Waals surface area contributed by atoms with Crippen LogP contribution in [-0.2, 0) is 15.9 Å². The Morgan fingerprint density at radius 2 is 2.21 bits per heavy atom. The van der Waals surface area contributed by atoms with Crippen molar-refractivity contribution in [1.29, 1.82) is 0 Å². The van der Waals surface area contributed by atoms with Crippen LogP contribution in [0.4, 0.5) is 0 Å². The molecular weight excluding hydrogens is 306 g/mol. The third-order valence-electron chi connectivity index (χ3n) is 4.00. The minimum Gasteiger partial charge on any atom is -0.469 e. The first-order chi connectivity index (χ1) is 11.9. The number of hydrogen-bond donors (Lipinski definition) is 2. The summed E-state index contributed by atoms with van der Waals surface area (Å²) in [7, 11) is 0. The average molecular weight is 337 g/mol. The Kier molecular flexibility index (Phi) is 9.34. The molecule has 1 saturated heterocycles. The topological polar surface area (TPSA) is 68.0 Å². The largest absolute Gasteiger partial charge is 0.469 e. The van der Waals surface area contributed by atoms with Crippen LogP contribution < -0.4 is 10.6 Å². The standard InChI is InChI=1S/C18H31N3O3/c1-2-19-18(21-10-6-17-5-3-12-24-17)20-9-4-11-23-15-16-7-13-22-14-8-16/h3,5,12,16H,2,4,6-11,13-15H2,1H3,(H2,19,20,21). The van der Waals surface area contributed by atoms with Gasteiger partial charge in [-0.3, -0.25) is 4.99 Å². The van der Waals surface area contributed by atoms with Crippen molar-refractivity contribution in [1.82, 2.24) is 10.6 Å². The molecule has 0 unspecified atom stereocenters. The molecule has 136 valence electrons. The number of aliphatic imine (C=N–C) groups is 1. The molecule has 1 aromatic heterocycles. The van der Waals surface area contributed by atoms with Crippen LogP contribution in [0.25, 0.3) is 0 Å². The van der Waals surface area contributed by atoms with Gasteiger partial charge in [0, 0.05) is 52.5 Å². The lowest BCUT2D eigenvalue weighted by molar-refractivity contribution is 0.0205. The van der Waals surface area contributed by atoms with E-state index in [4.69, 9.17) is 13.9 Å². The highest BCUT2D eigenvalue weighted by Gasteiger charge is 2.13. The summed E-state index contributed by atoms with van der Waals surface area (Å²) in [5.41, 5.74) is 0. The molecule has 0 amide bonds. The third-order valence-corrected chi connectivity index (χ3v) is 4.00. The lowest BCUT2D eigenvalue weighted by Gasteiger charge is -2.21. The second-order valence-electron chi connectivity index (χ2n) is 6.00. The van der Waals surface area contributed by atoms with Gasteiger partial charge in [-0.15, -0.1) is 0 Å². The second kappa shape index (κ2) is 11.9. The molecular formula is C18H31N3O3. The molecule has 1 aromatic rings. The van der Waals surface area contributed by atoms with E-state index in [1.165, 1.54) is 0 Å². The van der Waals surface area contributed by atoms with Crippen molar-refractivity contribution >= 4 is 5.96 Å². The summed E-state index contributed by atoms with van der Waals surface area (Å²) in [4.78, 5) is 4.58. The molecule has 1 aliphatic heterocycles. The fourth-order valence-corrected chi connectivity index (χ4v) is 2.62. The van der Waals surface area contributed by atoms with Crippen molar-refractivity contribution in [2.45, 2.75) is 32.6 Å². The zero-order valence-electron chi connectivity index (χ0n) is 14.8. The van der Waals surface area contributed by atoms with Crippen molar-refractivity contribution < 1.29 is 13.9 Å². The highest BCUT2D eigenvalue weighted by Crippen LogP contribution is 2.14. The van der Waals surface area contributed by atoms with Gasteiger partial charge >= 0.3 is 0 Å². The van der Waals surface area contributed by atoms with Gasteiger partial charge in [-0.2, -0.15) is 0 Å². The molecule has 2 rings (SSSR count). The van der Waals surface area contributed by atoms with E-state index in [2.05, 4.69) is 22.5 Å². The van der Waals surface area contributed by atoms with Crippen LogP contribution in [0.5, 0.6) is 0 Å². The van der Waals surface area contributed by atoms with Crippen molar-refractivity contribution in [3.63, 3.8) is 0 Å². The maximum absolute atomic E-state index is 5.77. The van der Waals surface area contributed by atoms with Gasteiger partial charge in [-0.1, -0.05) is 0 Å². The minimum absolute atomic E-state index is 0.669. The number of furan rings is 1. The van der Waals surface area contributed by atoms with Crippen LogP contribution in [0.2, 0.25) is 0 Å². The minimum atomic E-state index is 0.669. The van der Waals surface area contributed by atoms with Crippen molar-refractivity contribution in [3.05, 3.63) is 24.2 Å². The average Bonchev–Trinajstić information content (AvgIpc) is 3.12. The maximum atomic E-state index is 5.77. The molecule has 0 radical (unpaired) electrons. The predicted octanol–water partition coefficient (Wildman–Crippen LogP) is 2.21. The molecule has 1 aliphatic rings. The molecule has 6 heteroatoms. The van der Waals surface area contributed by atoms with Gasteiger partial charge < -0.3 is 24.5 Å². The van der Waals surface area contributed by atoms with E-state index in [0.29, 0.717) is 5.92 Å². The summed E-state index contributed by atoms with van der Waals surface area (Å²) in [6.45, 7) is 7.89. The molecule has 2 heterocycles. The Labute approximate surface area is 145 Å². The predicted molar refractivity (Wildman–Crippen MR) is 95.4 cm³/mol. The van der Waals surface area contributed by atoms with Crippen molar-refractivity contribution in [2.75, 3.05) is 46.1 Å². The Bertz CT molecular complexity index is 442. The lowest BCUT2D eigenvalue weighted by Crippen LogP contribution is -2.38. The summed E-state index contributed by atoms with van der Waals surface area (Å²) in [5.74, 6) is 2.51. The summed E-state index contributed by atoms with van der Waals surface area (Å²) >= 11 is 0. The first-order valence-corrected chi connectivity index (χ1v) is 9.08. The van der Waals surface area contributed by atoms with E-state index in [0.717, 1.165) is 83.5 Å². The third kappa shape index (κ3) is 7.84. The van der Waals surface area contributed by atoms with Crippen LogP contribution in [0.15, 0.2) is 27.8 Å². The van der Waals surface area contributed by atoms with E-state index in [1.54, 1.807) is 6.26 Å². The monoisotopic (exact) mass is 337 g/mol. The number of nitrogens with zero attached hydrogens (tertiary/aromatic N) is 1. The van der Waals surface area contributed by atoms with E-state index in [9.17, 15) is 0 Å². The lowest BCUT2D eigenvalue weighted by atomic mass is 10.0. The number of nitrogens with one attached hydrogen (secondary N) is 2. The Morgan fingerprint density at radius 3 is 2.96 bits per heavy atom. The van der Waals surface area contributed by atoms with Gasteiger partial charge in [0.15, 0.2) is 5.96 Å². The molecule has 0 aromatic carbocycles. The number of guanidine groups is 1. The molecule has 2 N–H and O–H groups in total. The molecule has 1 fully saturated rings. The normalized spacial score (nSPS) is 16.3. The van der Waals surface area contributed by atoms with E-state index in [1.807, 2.05) is 12.1 Å². The van der Waals surface area contributed by atoms with Gasteiger partial charge in [0.05, 0.1) is 6.26 Å². The zero-order chi connectivity index (χ0) is 16.9. The molecule has 0 atom stereocenters. The second-order valence-corrected chi connectivity index (χ2v) is 6.00. The summed E-state index contributed by atoms with van der Waals surface area (Å²) in [6.07, 6.45) is 5.75. The highest BCUT2D eigenvalue weighted by atomic mass is 16.5. The molecule has 0 bridgehead atoms. The van der Waals surface area contributed by atoms with E-state index in [-0.39, 0.29) is 0 Å². The van der Waals surface area contributed by atoms with Crippen LogP contribution in [0, 0.1) is 5.92 Å². The first-order valence-electron chi connectivity index (χ1n) is 9.08. The molecule has 6 nitrogen and oxygen atoms in total. The Hall–Kier alpha value is -1.53. The van der Waals surface area contributed by atoms with E-state index < -0.39 is 0 Å². The van der Waals surface area contributed by atoms with Crippen LogP contribution in [0.1, 0.15) is 31.9 Å². The number of rotatable bonds is 10. The van der Waals surface area contributed by atoms with Gasteiger partial charge in [0.2, 0.25) is 0 Å². The van der Waals surface area contributed by atoms with Gasteiger partial charge in [0.25, 0.3) is 0 Å². The van der Waals surface area contributed by atoms with E-state index >= 15 is 0 Å². The Morgan fingerprint density at radius 1 is 1.33 bits per heavy atom. The highest BCUT2D eigenvalue weighted by molar-refractivity contribution is 5.79. The fraction of sp³-hybridized carbons (Fsp3) is 0.722.